The van der Waals surface area contributed by atoms with Crippen LogP contribution in [0, 0.1) is 0 Å². The average Bonchev–Trinajstić information content (AvgIpc) is 3.11. The summed E-state index contributed by atoms with van der Waals surface area (Å²) in [5, 5.41) is 3.74. The van der Waals surface area contributed by atoms with Crippen LogP contribution < -0.4 is 5.32 Å². The number of rotatable bonds is 6. The van der Waals surface area contributed by atoms with Crippen molar-refractivity contribution in [2.75, 3.05) is 20.3 Å². The fourth-order valence-corrected chi connectivity index (χ4v) is 3.60. The molecule has 0 radical (unpaired) electrons. The van der Waals surface area contributed by atoms with Gasteiger partial charge >= 0.3 is 0 Å². The van der Waals surface area contributed by atoms with Crippen LogP contribution in [-0.4, -0.2) is 29.8 Å². The number of methoxy groups -OCH3 is 1. The first-order valence-electron chi connectivity index (χ1n) is 8.00. The molecule has 2 heterocycles. The molecule has 1 aliphatic heterocycles. The zero-order valence-electron chi connectivity index (χ0n) is 13.1. The van der Waals surface area contributed by atoms with E-state index >= 15 is 0 Å². The van der Waals surface area contributed by atoms with Crippen molar-refractivity contribution in [1.82, 2.24) is 14.9 Å². The van der Waals surface area contributed by atoms with Gasteiger partial charge in [0, 0.05) is 13.7 Å². The number of fused-ring (bicyclic) bond motifs is 1. The number of nitrogens with zero attached hydrogens (tertiary/aromatic N) is 2. The maximum atomic E-state index is 5.31. The second-order valence-electron chi connectivity index (χ2n) is 5.93. The topological polar surface area (TPSA) is 39.1 Å². The summed E-state index contributed by atoms with van der Waals surface area (Å²) in [4.78, 5) is 4.98. The summed E-state index contributed by atoms with van der Waals surface area (Å²) in [5.74, 6) is 1.19. The van der Waals surface area contributed by atoms with Crippen molar-refractivity contribution in [3.05, 3.63) is 30.1 Å². The summed E-state index contributed by atoms with van der Waals surface area (Å²) >= 11 is 0. The molecule has 1 aliphatic rings. The number of hydrogen-bond donors (Lipinski definition) is 1. The minimum atomic E-state index is 0.0432. The lowest BCUT2D eigenvalue weighted by Crippen LogP contribution is -2.39. The van der Waals surface area contributed by atoms with E-state index in [0.717, 1.165) is 31.6 Å². The lowest BCUT2D eigenvalue weighted by Gasteiger charge is -2.29. The Kier molecular flexibility index (Phi) is 4.27. The van der Waals surface area contributed by atoms with E-state index in [9.17, 15) is 0 Å². The lowest BCUT2D eigenvalue weighted by molar-refractivity contribution is 0.184. The van der Waals surface area contributed by atoms with Gasteiger partial charge in [-0.3, -0.25) is 0 Å². The molecule has 0 saturated carbocycles. The molecule has 0 spiro atoms. The van der Waals surface area contributed by atoms with Gasteiger partial charge in [-0.15, -0.1) is 0 Å². The largest absolute Gasteiger partial charge is 0.383 e. The molecule has 1 atom stereocenters. The number of ether oxygens (including phenoxy) is 1. The summed E-state index contributed by atoms with van der Waals surface area (Å²) in [5.41, 5.74) is 2.35. The van der Waals surface area contributed by atoms with E-state index in [2.05, 4.69) is 41.1 Å². The molecule has 1 aromatic carbocycles. The Balaban J connectivity index is 2.11. The molecule has 1 N–H and O–H groups in total. The highest BCUT2D eigenvalue weighted by Gasteiger charge is 2.38. The van der Waals surface area contributed by atoms with Crippen molar-refractivity contribution in [3.63, 3.8) is 0 Å². The Morgan fingerprint density at radius 1 is 1.38 bits per heavy atom. The summed E-state index contributed by atoms with van der Waals surface area (Å²) in [6, 6.07) is 8.42. The number of aromatic nitrogens is 2. The molecule has 0 aliphatic carbocycles. The predicted molar refractivity (Wildman–Crippen MR) is 85.4 cm³/mol. The van der Waals surface area contributed by atoms with Crippen LogP contribution >= 0.6 is 0 Å². The maximum Gasteiger partial charge on any atom is 0.130 e. The molecule has 4 heteroatoms. The molecule has 21 heavy (non-hydrogen) atoms. The highest BCUT2D eigenvalue weighted by atomic mass is 16.5. The summed E-state index contributed by atoms with van der Waals surface area (Å²) in [6.45, 7) is 4.92. The van der Waals surface area contributed by atoms with Gasteiger partial charge in [0.2, 0.25) is 0 Å². The monoisotopic (exact) mass is 287 g/mol. The van der Waals surface area contributed by atoms with E-state index < -0.39 is 0 Å². The fourth-order valence-electron chi connectivity index (χ4n) is 3.60. The standard InChI is InChI=1S/C17H25N3O/c1-3-9-17(10-6-11-18-17)16-19-14-7-4-5-8-15(14)20(16)12-13-21-2/h4-5,7-8,18H,3,6,9-13H2,1-2H3. The molecular formula is C17H25N3O. The number of para-hydroxylation sites is 2. The van der Waals surface area contributed by atoms with Crippen molar-refractivity contribution < 1.29 is 4.74 Å². The second kappa shape index (κ2) is 6.16. The van der Waals surface area contributed by atoms with Crippen molar-refractivity contribution in [1.29, 1.82) is 0 Å². The van der Waals surface area contributed by atoms with E-state index in [4.69, 9.17) is 9.72 Å². The third kappa shape index (κ3) is 2.58. The van der Waals surface area contributed by atoms with E-state index in [-0.39, 0.29) is 5.54 Å². The molecule has 4 nitrogen and oxygen atoms in total. The Morgan fingerprint density at radius 3 is 2.95 bits per heavy atom. The smallest absolute Gasteiger partial charge is 0.130 e. The number of imidazole rings is 1. The van der Waals surface area contributed by atoms with E-state index in [0.29, 0.717) is 0 Å². The van der Waals surface area contributed by atoms with Crippen molar-refractivity contribution >= 4 is 11.0 Å². The minimum absolute atomic E-state index is 0.0432. The van der Waals surface area contributed by atoms with Crippen LogP contribution in [-0.2, 0) is 16.8 Å². The zero-order chi connectivity index (χ0) is 14.7. The normalized spacial score (nSPS) is 22.2. The first kappa shape index (κ1) is 14.5. The SMILES string of the molecule is CCCC1(c2nc3ccccc3n2CCOC)CCCN1. The van der Waals surface area contributed by atoms with Crippen LogP contribution in [0.5, 0.6) is 0 Å². The summed E-state index contributed by atoms with van der Waals surface area (Å²) < 4.78 is 7.66. The maximum absolute atomic E-state index is 5.31. The van der Waals surface area contributed by atoms with Crippen molar-refractivity contribution in [2.24, 2.45) is 0 Å². The predicted octanol–water partition coefficient (Wildman–Crippen LogP) is 3.06. The Morgan fingerprint density at radius 2 is 2.24 bits per heavy atom. The quantitative estimate of drug-likeness (QED) is 0.887. The van der Waals surface area contributed by atoms with Gasteiger partial charge in [-0.25, -0.2) is 4.98 Å². The Labute approximate surface area is 126 Å². The van der Waals surface area contributed by atoms with Gasteiger partial charge in [0.15, 0.2) is 0 Å². The van der Waals surface area contributed by atoms with Gasteiger partial charge in [0.25, 0.3) is 0 Å². The Hall–Kier alpha value is -1.39. The molecule has 1 unspecified atom stereocenters. The van der Waals surface area contributed by atoms with Gasteiger partial charge in [0.05, 0.1) is 23.2 Å². The van der Waals surface area contributed by atoms with Crippen LogP contribution in [0.2, 0.25) is 0 Å². The van der Waals surface area contributed by atoms with Crippen LogP contribution in [0.1, 0.15) is 38.4 Å². The number of hydrogen-bond acceptors (Lipinski definition) is 3. The van der Waals surface area contributed by atoms with E-state index in [1.807, 2.05) is 0 Å². The van der Waals surface area contributed by atoms with Crippen molar-refractivity contribution in [2.45, 2.75) is 44.7 Å². The van der Waals surface area contributed by atoms with Gasteiger partial charge in [-0.1, -0.05) is 25.5 Å². The first-order valence-corrected chi connectivity index (χ1v) is 8.00. The lowest BCUT2D eigenvalue weighted by atomic mass is 9.91. The Bertz CT molecular complexity index is 599. The van der Waals surface area contributed by atoms with Crippen LogP contribution in [0.4, 0.5) is 0 Å². The highest BCUT2D eigenvalue weighted by molar-refractivity contribution is 5.76. The van der Waals surface area contributed by atoms with E-state index in [1.54, 1.807) is 7.11 Å². The molecule has 0 amide bonds. The number of benzene rings is 1. The van der Waals surface area contributed by atoms with E-state index in [1.165, 1.54) is 30.6 Å². The first-order chi connectivity index (χ1) is 10.3. The van der Waals surface area contributed by atoms with Gasteiger partial charge < -0.3 is 14.6 Å². The van der Waals surface area contributed by atoms with Crippen LogP contribution in [0.15, 0.2) is 24.3 Å². The molecule has 0 bridgehead atoms. The van der Waals surface area contributed by atoms with Crippen LogP contribution in [0.3, 0.4) is 0 Å². The molecule has 3 rings (SSSR count). The zero-order valence-corrected chi connectivity index (χ0v) is 13.1. The molecule has 1 saturated heterocycles. The second-order valence-corrected chi connectivity index (χ2v) is 5.93. The third-order valence-corrected chi connectivity index (χ3v) is 4.52. The van der Waals surface area contributed by atoms with Crippen molar-refractivity contribution in [3.8, 4) is 0 Å². The fraction of sp³-hybridized carbons (Fsp3) is 0.588. The summed E-state index contributed by atoms with van der Waals surface area (Å²) in [7, 11) is 1.76. The molecule has 1 aromatic heterocycles. The number of nitrogens with one attached hydrogen (secondary N) is 1. The molecule has 1 fully saturated rings. The van der Waals surface area contributed by atoms with Gasteiger partial charge in [-0.2, -0.15) is 0 Å². The van der Waals surface area contributed by atoms with Gasteiger partial charge in [-0.05, 0) is 37.9 Å². The highest BCUT2D eigenvalue weighted by Crippen LogP contribution is 2.36. The van der Waals surface area contributed by atoms with Gasteiger partial charge in [0.1, 0.15) is 5.82 Å². The van der Waals surface area contributed by atoms with Crippen LogP contribution in [0.25, 0.3) is 11.0 Å². The average molecular weight is 287 g/mol. The summed E-state index contributed by atoms with van der Waals surface area (Å²) in [6.07, 6.45) is 4.72. The molecule has 2 aromatic rings. The molecular weight excluding hydrogens is 262 g/mol. The molecule has 114 valence electrons. The minimum Gasteiger partial charge on any atom is -0.383 e. The third-order valence-electron chi connectivity index (χ3n) is 4.52.